The number of hydrogen-bond acceptors (Lipinski definition) is 4. The summed E-state index contributed by atoms with van der Waals surface area (Å²) < 4.78 is 16.7. The van der Waals surface area contributed by atoms with E-state index in [9.17, 15) is 9.90 Å². The van der Waals surface area contributed by atoms with Crippen molar-refractivity contribution in [2.75, 3.05) is 21.3 Å². The van der Waals surface area contributed by atoms with Crippen LogP contribution in [0.25, 0.3) is 0 Å². The molecule has 0 aromatic heterocycles. The van der Waals surface area contributed by atoms with Gasteiger partial charge in [-0.1, -0.05) is 28.1 Å². The normalized spacial score (nSPS) is 11.7. The Labute approximate surface area is 149 Å². The van der Waals surface area contributed by atoms with Crippen LogP contribution in [0.3, 0.4) is 0 Å². The van der Waals surface area contributed by atoms with E-state index in [1.165, 1.54) is 0 Å². The predicted molar refractivity (Wildman–Crippen MR) is 94.3 cm³/mol. The highest BCUT2D eigenvalue weighted by atomic mass is 79.9. The Balaban J connectivity index is 2.40. The molecule has 0 radical (unpaired) electrons. The van der Waals surface area contributed by atoms with Gasteiger partial charge in [0.05, 0.1) is 27.2 Å². The Morgan fingerprint density at radius 1 is 1.08 bits per heavy atom. The lowest BCUT2D eigenvalue weighted by atomic mass is 9.91. The molecular weight excluding hydrogens is 376 g/mol. The second kappa shape index (κ2) is 8.06. The molecule has 0 heterocycles. The Hall–Kier alpha value is -2.21. The quantitative estimate of drug-likeness (QED) is 0.771. The van der Waals surface area contributed by atoms with E-state index in [1.807, 2.05) is 6.07 Å². The zero-order valence-electron chi connectivity index (χ0n) is 13.7. The van der Waals surface area contributed by atoms with Crippen molar-refractivity contribution in [1.29, 1.82) is 0 Å². The van der Waals surface area contributed by atoms with Gasteiger partial charge in [0.2, 0.25) is 0 Å². The summed E-state index contributed by atoms with van der Waals surface area (Å²) in [7, 11) is 4.66. The number of carboxylic acid groups (broad SMARTS) is 1. The lowest BCUT2D eigenvalue weighted by Gasteiger charge is -2.18. The summed E-state index contributed by atoms with van der Waals surface area (Å²) in [5.74, 6) is 0.177. The first-order valence-corrected chi connectivity index (χ1v) is 8.06. The lowest BCUT2D eigenvalue weighted by molar-refractivity contribution is -0.138. The highest BCUT2D eigenvalue weighted by molar-refractivity contribution is 9.10. The number of hydrogen-bond donors (Lipinski definition) is 1. The van der Waals surface area contributed by atoms with Gasteiger partial charge in [-0.25, -0.2) is 0 Å². The largest absolute Gasteiger partial charge is 0.497 e. The number of ether oxygens (including phenoxy) is 3. The van der Waals surface area contributed by atoms with E-state index in [2.05, 4.69) is 15.9 Å². The number of rotatable bonds is 7. The average molecular weight is 395 g/mol. The topological polar surface area (TPSA) is 65.0 Å². The van der Waals surface area contributed by atoms with Crippen LogP contribution in [0.5, 0.6) is 17.2 Å². The van der Waals surface area contributed by atoms with Gasteiger partial charge >= 0.3 is 5.97 Å². The first-order chi connectivity index (χ1) is 11.5. The van der Waals surface area contributed by atoms with Crippen molar-refractivity contribution in [2.24, 2.45) is 0 Å². The van der Waals surface area contributed by atoms with E-state index in [-0.39, 0.29) is 6.42 Å². The first-order valence-electron chi connectivity index (χ1n) is 7.27. The van der Waals surface area contributed by atoms with Gasteiger partial charge in [0.1, 0.15) is 5.75 Å². The number of aliphatic carboxylic acids is 1. The second-order valence-electron chi connectivity index (χ2n) is 5.17. The van der Waals surface area contributed by atoms with Crippen LogP contribution < -0.4 is 14.2 Å². The zero-order valence-corrected chi connectivity index (χ0v) is 15.3. The number of carbonyl (C=O) groups is 1. The third-order valence-electron chi connectivity index (χ3n) is 3.76. The van der Waals surface area contributed by atoms with E-state index >= 15 is 0 Å². The SMILES string of the molecule is COc1ccc(C(Cc2cc(Br)cc(OC)c2OC)C(=O)O)cc1. The van der Waals surface area contributed by atoms with E-state index < -0.39 is 11.9 Å². The first kappa shape index (κ1) is 18.1. The van der Waals surface area contributed by atoms with Gasteiger partial charge in [-0.05, 0) is 36.2 Å². The number of carboxylic acids is 1. The van der Waals surface area contributed by atoms with Crippen LogP contribution in [0.2, 0.25) is 0 Å². The van der Waals surface area contributed by atoms with Crippen molar-refractivity contribution in [2.45, 2.75) is 12.3 Å². The van der Waals surface area contributed by atoms with Crippen LogP contribution in [-0.2, 0) is 11.2 Å². The molecule has 0 saturated heterocycles. The van der Waals surface area contributed by atoms with Crippen molar-refractivity contribution in [3.63, 3.8) is 0 Å². The number of methoxy groups -OCH3 is 3. The maximum atomic E-state index is 11.8. The molecule has 0 aliphatic carbocycles. The second-order valence-corrected chi connectivity index (χ2v) is 6.08. The zero-order chi connectivity index (χ0) is 17.7. The molecule has 128 valence electrons. The molecule has 1 N–H and O–H groups in total. The molecule has 0 amide bonds. The molecule has 5 nitrogen and oxygen atoms in total. The lowest BCUT2D eigenvalue weighted by Crippen LogP contribution is -2.15. The van der Waals surface area contributed by atoms with E-state index in [0.29, 0.717) is 22.8 Å². The van der Waals surface area contributed by atoms with Crippen LogP contribution in [0.15, 0.2) is 40.9 Å². The molecule has 0 aliphatic rings. The molecule has 0 bridgehead atoms. The minimum atomic E-state index is -0.902. The molecule has 6 heteroatoms. The van der Waals surface area contributed by atoms with Crippen molar-refractivity contribution >= 4 is 21.9 Å². The van der Waals surface area contributed by atoms with Crippen molar-refractivity contribution < 1.29 is 24.1 Å². The summed E-state index contributed by atoms with van der Waals surface area (Å²) >= 11 is 3.42. The fourth-order valence-electron chi connectivity index (χ4n) is 2.56. The van der Waals surface area contributed by atoms with Crippen LogP contribution >= 0.6 is 15.9 Å². The molecule has 2 aromatic rings. The highest BCUT2D eigenvalue weighted by Crippen LogP contribution is 2.37. The van der Waals surface area contributed by atoms with E-state index in [1.54, 1.807) is 51.7 Å². The minimum Gasteiger partial charge on any atom is -0.497 e. The molecule has 0 saturated carbocycles. The standard InChI is InChI=1S/C18H19BrO5/c1-22-14-6-4-11(5-7-14)15(18(20)21)9-12-8-13(19)10-16(23-2)17(12)24-3/h4-8,10,15H,9H2,1-3H3,(H,20,21). The maximum Gasteiger partial charge on any atom is 0.311 e. The fraction of sp³-hybridized carbons (Fsp3) is 0.278. The summed E-state index contributed by atoms with van der Waals surface area (Å²) in [6.07, 6.45) is 0.278. The molecule has 0 fully saturated rings. The third kappa shape index (κ3) is 4.00. The predicted octanol–water partition coefficient (Wildman–Crippen LogP) is 3.89. The number of benzene rings is 2. The molecule has 2 rings (SSSR count). The Morgan fingerprint density at radius 2 is 1.75 bits per heavy atom. The van der Waals surface area contributed by atoms with Gasteiger partial charge in [-0.2, -0.15) is 0 Å². The molecule has 24 heavy (non-hydrogen) atoms. The van der Waals surface area contributed by atoms with Gasteiger partial charge in [0.15, 0.2) is 11.5 Å². The van der Waals surface area contributed by atoms with Gasteiger partial charge in [-0.15, -0.1) is 0 Å². The molecule has 0 aliphatic heterocycles. The van der Waals surface area contributed by atoms with Crippen molar-refractivity contribution in [1.82, 2.24) is 0 Å². The Kier molecular flexibility index (Phi) is 6.09. The maximum absolute atomic E-state index is 11.8. The Bertz CT molecular complexity index is 712. The minimum absolute atomic E-state index is 0.278. The molecule has 1 atom stereocenters. The summed E-state index contributed by atoms with van der Waals surface area (Å²) in [6, 6.07) is 10.7. The number of halogens is 1. The average Bonchev–Trinajstić information content (AvgIpc) is 2.58. The molecule has 1 unspecified atom stereocenters. The third-order valence-corrected chi connectivity index (χ3v) is 4.22. The summed E-state index contributed by atoms with van der Waals surface area (Å²) in [6.45, 7) is 0. The van der Waals surface area contributed by atoms with Gasteiger partial charge in [-0.3, -0.25) is 4.79 Å². The summed E-state index contributed by atoms with van der Waals surface area (Å²) in [5.41, 5.74) is 1.45. The Morgan fingerprint density at radius 3 is 2.25 bits per heavy atom. The highest BCUT2D eigenvalue weighted by Gasteiger charge is 2.24. The molecular formula is C18H19BrO5. The van der Waals surface area contributed by atoms with E-state index in [0.717, 1.165) is 10.0 Å². The van der Waals surface area contributed by atoms with Crippen LogP contribution in [-0.4, -0.2) is 32.4 Å². The van der Waals surface area contributed by atoms with Crippen LogP contribution in [0.1, 0.15) is 17.0 Å². The van der Waals surface area contributed by atoms with Gasteiger partial charge < -0.3 is 19.3 Å². The van der Waals surface area contributed by atoms with Crippen LogP contribution in [0, 0.1) is 0 Å². The van der Waals surface area contributed by atoms with Crippen molar-refractivity contribution in [3.8, 4) is 17.2 Å². The van der Waals surface area contributed by atoms with Gasteiger partial charge in [0.25, 0.3) is 0 Å². The fourth-order valence-corrected chi connectivity index (χ4v) is 3.05. The van der Waals surface area contributed by atoms with E-state index in [4.69, 9.17) is 14.2 Å². The van der Waals surface area contributed by atoms with Crippen molar-refractivity contribution in [3.05, 3.63) is 52.0 Å². The molecule has 0 spiro atoms. The van der Waals surface area contributed by atoms with Gasteiger partial charge in [0, 0.05) is 10.0 Å². The molecule has 2 aromatic carbocycles. The smallest absolute Gasteiger partial charge is 0.311 e. The van der Waals surface area contributed by atoms with Crippen LogP contribution in [0.4, 0.5) is 0 Å². The summed E-state index contributed by atoms with van der Waals surface area (Å²) in [4.78, 5) is 11.8. The monoisotopic (exact) mass is 394 g/mol. The summed E-state index contributed by atoms with van der Waals surface area (Å²) in [5, 5.41) is 9.66.